The number of carbonyl (C=O) groups is 1. The Balaban J connectivity index is 1.93. The molecule has 0 bridgehead atoms. The molecular formula is C18H22N2O7P-. The molecule has 1 N–H and O–H groups in total. The van der Waals surface area contributed by atoms with Gasteiger partial charge < -0.3 is 28.7 Å². The number of phosphoric acid groups is 1. The summed E-state index contributed by atoms with van der Waals surface area (Å²) >= 11 is 0. The number of hydrogen-bond donors (Lipinski definition) is 1. The Morgan fingerprint density at radius 2 is 2.21 bits per heavy atom. The van der Waals surface area contributed by atoms with Gasteiger partial charge in [0.15, 0.2) is 0 Å². The summed E-state index contributed by atoms with van der Waals surface area (Å²) in [6, 6.07) is 6.65. The second kappa shape index (κ2) is 7.82. The molecule has 2 heterocycles. The number of fused-ring (bicyclic) bond motifs is 1. The molecule has 10 heteroatoms. The Kier molecular flexibility index (Phi) is 5.80. The minimum absolute atomic E-state index is 0.0136. The van der Waals surface area contributed by atoms with Crippen molar-refractivity contribution >= 4 is 13.7 Å². The van der Waals surface area contributed by atoms with Crippen LogP contribution < -0.4 is 9.63 Å². The third-order valence-corrected chi connectivity index (χ3v) is 5.39. The topological polar surface area (TPSA) is 132 Å². The summed E-state index contributed by atoms with van der Waals surface area (Å²) in [4.78, 5) is 33.7. The molecule has 152 valence electrons. The van der Waals surface area contributed by atoms with Gasteiger partial charge in [-0.1, -0.05) is 0 Å². The van der Waals surface area contributed by atoms with Crippen molar-refractivity contribution in [3.8, 4) is 11.8 Å². The van der Waals surface area contributed by atoms with Gasteiger partial charge in [0.1, 0.15) is 17.5 Å². The summed E-state index contributed by atoms with van der Waals surface area (Å²) in [6.45, 7) is 3.69. The maximum atomic E-state index is 12.5. The number of phosphoric ester groups is 1. The van der Waals surface area contributed by atoms with Crippen LogP contribution in [0.1, 0.15) is 43.9 Å². The molecule has 3 rings (SSSR count). The highest BCUT2D eigenvalue weighted by atomic mass is 31.2. The molecule has 0 saturated carbocycles. The van der Waals surface area contributed by atoms with E-state index in [4.69, 9.17) is 14.4 Å². The lowest BCUT2D eigenvalue weighted by Crippen LogP contribution is -2.55. The minimum atomic E-state index is -4.84. The zero-order valence-corrected chi connectivity index (χ0v) is 16.6. The van der Waals surface area contributed by atoms with Crippen molar-refractivity contribution in [3.63, 3.8) is 0 Å². The SMILES string of the molecule is CC1(C)Oc2ccc(C#N)cc2[C@H](N2CCCC2=O)[C@@H]1OCCOP(=O)([O-])O. The molecule has 1 unspecified atom stereocenters. The first-order chi connectivity index (χ1) is 13.1. The van der Waals surface area contributed by atoms with Crippen LogP contribution in [-0.2, 0) is 18.6 Å². The van der Waals surface area contributed by atoms with Gasteiger partial charge in [-0.2, -0.15) is 5.26 Å². The second-order valence-electron chi connectivity index (χ2n) is 7.30. The fourth-order valence-corrected chi connectivity index (χ4v) is 4.05. The van der Waals surface area contributed by atoms with E-state index in [2.05, 4.69) is 10.6 Å². The number of carbonyl (C=O) groups excluding carboxylic acids is 1. The number of amides is 1. The highest BCUT2D eigenvalue weighted by Gasteiger charge is 2.49. The van der Waals surface area contributed by atoms with E-state index in [0.29, 0.717) is 29.8 Å². The highest BCUT2D eigenvalue weighted by Crippen LogP contribution is 2.46. The molecule has 1 aromatic carbocycles. The average Bonchev–Trinajstić information content (AvgIpc) is 3.02. The zero-order valence-electron chi connectivity index (χ0n) is 15.7. The molecule has 2 aliphatic rings. The first-order valence-electron chi connectivity index (χ1n) is 8.95. The number of likely N-dealkylation sites (tertiary alicyclic amines) is 1. The smallest absolute Gasteiger partial charge is 0.265 e. The molecule has 0 spiro atoms. The van der Waals surface area contributed by atoms with Crippen LogP contribution in [0.15, 0.2) is 18.2 Å². The van der Waals surface area contributed by atoms with E-state index in [-0.39, 0.29) is 19.1 Å². The molecule has 1 fully saturated rings. The van der Waals surface area contributed by atoms with Crippen LogP contribution in [0.4, 0.5) is 0 Å². The molecule has 2 aliphatic heterocycles. The minimum Gasteiger partial charge on any atom is -0.756 e. The summed E-state index contributed by atoms with van der Waals surface area (Å²) in [7, 11) is -4.84. The fraction of sp³-hybridized carbons (Fsp3) is 0.556. The van der Waals surface area contributed by atoms with Crippen molar-refractivity contribution in [2.75, 3.05) is 19.8 Å². The van der Waals surface area contributed by atoms with Gasteiger partial charge >= 0.3 is 0 Å². The van der Waals surface area contributed by atoms with Crippen LogP contribution in [0.2, 0.25) is 0 Å². The number of ether oxygens (including phenoxy) is 2. The maximum absolute atomic E-state index is 12.5. The van der Waals surface area contributed by atoms with Crippen molar-refractivity contribution < 1.29 is 33.1 Å². The number of rotatable bonds is 6. The Morgan fingerprint density at radius 1 is 1.46 bits per heavy atom. The van der Waals surface area contributed by atoms with Gasteiger partial charge in [0.25, 0.3) is 7.82 Å². The van der Waals surface area contributed by atoms with Crippen molar-refractivity contribution in [2.45, 2.75) is 44.4 Å². The first kappa shape index (κ1) is 20.8. The third-order valence-electron chi connectivity index (χ3n) is 4.88. The Morgan fingerprint density at radius 3 is 2.82 bits per heavy atom. The zero-order chi connectivity index (χ0) is 20.5. The molecule has 0 aliphatic carbocycles. The van der Waals surface area contributed by atoms with Crippen LogP contribution in [0.25, 0.3) is 0 Å². The van der Waals surface area contributed by atoms with Gasteiger partial charge in [-0.15, -0.1) is 0 Å². The Bertz CT molecular complexity index is 845. The predicted octanol–water partition coefficient (Wildman–Crippen LogP) is 1.26. The van der Waals surface area contributed by atoms with Crippen LogP contribution >= 0.6 is 7.82 Å². The lowest BCUT2D eigenvalue weighted by Gasteiger charge is -2.47. The summed E-state index contributed by atoms with van der Waals surface area (Å²) < 4.78 is 27.1. The summed E-state index contributed by atoms with van der Waals surface area (Å²) in [5.41, 5.74) is 0.277. The van der Waals surface area contributed by atoms with E-state index >= 15 is 0 Å². The van der Waals surface area contributed by atoms with E-state index < -0.39 is 25.6 Å². The van der Waals surface area contributed by atoms with Gasteiger partial charge in [-0.25, -0.2) is 0 Å². The predicted molar refractivity (Wildman–Crippen MR) is 95.1 cm³/mol. The van der Waals surface area contributed by atoms with E-state index in [1.807, 2.05) is 13.8 Å². The van der Waals surface area contributed by atoms with Gasteiger partial charge in [-0.05, 0) is 38.5 Å². The van der Waals surface area contributed by atoms with Gasteiger partial charge in [0.05, 0.1) is 30.9 Å². The van der Waals surface area contributed by atoms with E-state index in [1.54, 1.807) is 23.1 Å². The molecule has 1 aromatic rings. The van der Waals surface area contributed by atoms with E-state index in [0.717, 1.165) is 6.42 Å². The Hall–Kier alpha value is -1.95. The van der Waals surface area contributed by atoms with Gasteiger partial charge in [0.2, 0.25) is 5.91 Å². The van der Waals surface area contributed by atoms with Crippen molar-refractivity contribution in [3.05, 3.63) is 29.3 Å². The van der Waals surface area contributed by atoms with Crippen LogP contribution in [-0.4, -0.2) is 47.2 Å². The molecule has 1 amide bonds. The molecule has 0 aromatic heterocycles. The number of hydrogen-bond acceptors (Lipinski definition) is 7. The Labute approximate surface area is 163 Å². The maximum Gasteiger partial charge on any atom is 0.265 e. The standard InChI is InChI=1S/C18H23N2O7P/c1-18(2)17(25-8-9-26-28(22,23)24)16(20-7-3-4-15(20)21)13-10-12(11-19)5-6-14(13)27-18/h5-6,10,16-17H,3-4,7-9H2,1-2H3,(H2,22,23,24)/p-1/t16-,17-/m0/s1. The first-order valence-corrected chi connectivity index (χ1v) is 10.4. The van der Waals surface area contributed by atoms with Gasteiger partial charge in [0, 0.05) is 18.5 Å². The quantitative estimate of drug-likeness (QED) is 0.548. The van der Waals surface area contributed by atoms with Crippen molar-refractivity contribution in [1.29, 1.82) is 5.26 Å². The number of benzene rings is 1. The monoisotopic (exact) mass is 409 g/mol. The van der Waals surface area contributed by atoms with Crippen LogP contribution in [0, 0.1) is 11.3 Å². The molecular weight excluding hydrogens is 387 g/mol. The molecule has 9 nitrogen and oxygen atoms in total. The summed E-state index contributed by atoms with van der Waals surface area (Å²) in [6.07, 6.45) is 0.526. The van der Waals surface area contributed by atoms with E-state index in [1.165, 1.54) is 0 Å². The lowest BCUT2D eigenvalue weighted by atomic mass is 9.84. The van der Waals surface area contributed by atoms with Gasteiger partial charge in [-0.3, -0.25) is 9.36 Å². The normalized spacial score (nSPS) is 25.5. The summed E-state index contributed by atoms with van der Waals surface area (Å²) in [5.74, 6) is 0.560. The van der Waals surface area contributed by atoms with Crippen molar-refractivity contribution in [2.24, 2.45) is 0 Å². The number of nitriles is 1. The third kappa shape index (κ3) is 4.37. The van der Waals surface area contributed by atoms with Crippen LogP contribution in [0.5, 0.6) is 5.75 Å². The number of nitrogens with zero attached hydrogens (tertiary/aromatic N) is 2. The largest absolute Gasteiger partial charge is 0.756 e. The molecule has 1 saturated heterocycles. The summed E-state index contributed by atoms with van der Waals surface area (Å²) in [5, 5.41) is 9.26. The van der Waals surface area contributed by atoms with Crippen LogP contribution in [0.3, 0.4) is 0 Å². The lowest BCUT2D eigenvalue weighted by molar-refractivity contribution is -0.221. The second-order valence-corrected chi connectivity index (χ2v) is 8.49. The van der Waals surface area contributed by atoms with Crippen molar-refractivity contribution in [1.82, 2.24) is 4.90 Å². The molecule has 0 radical (unpaired) electrons. The average molecular weight is 409 g/mol. The molecule has 3 atom stereocenters. The molecule has 28 heavy (non-hydrogen) atoms. The fourth-order valence-electron chi connectivity index (χ4n) is 3.74. The van der Waals surface area contributed by atoms with E-state index in [9.17, 15) is 19.5 Å². The highest BCUT2D eigenvalue weighted by molar-refractivity contribution is 7.44.